The number of hydrogen-bond acceptors (Lipinski definition) is 3. The fraction of sp³-hybridized carbons (Fsp3) is 0.200. The quantitative estimate of drug-likeness (QED) is 0.916. The van der Waals surface area contributed by atoms with Gasteiger partial charge in [0.1, 0.15) is 5.75 Å². The molecule has 0 radical (unpaired) electrons. The highest BCUT2D eigenvalue weighted by atomic mass is 35.5. The Morgan fingerprint density at radius 3 is 2.52 bits per heavy atom. The van der Waals surface area contributed by atoms with E-state index in [1.54, 1.807) is 32.2 Å². The number of benzene rings is 2. The van der Waals surface area contributed by atoms with Gasteiger partial charge in [0.15, 0.2) is 0 Å². The Hall–Kier alpha value is -1.56. The van der Waals surface area contributed by atoms with Crippen LogP contribution in [0.3, 0.4) is 0 Å². The molecule has 0 bridgehead atoms. The minimum Gasteiger partial charge on any atom is -0.496 e. The summed E-state index contributed by atoms with van der Waals surface area (Å²) >= 11 is 5.84. The summed E-state index contributed by atoms with van der Waals surface area (Å²) in [4.78, 5) is 0.136. The van der Waals surface area contributed by atoms with Crippen LogP contribution in [0.1, 0.15) is 18.5 Å². The zero-order valence-electron chi connectivity index (χ0n) is 11.7. The smallest absolute Gasteiger partial charge is 0.241 e. The molecule has 2 aromatic carbocycles. The van der Waals surface area contributed by atoms with Crippen molar-refractivity contribution < 1.29 is 13.2 Å². The lowest BCUT2D eigenvalue weighted by Crippen LogP contribution is -2.27. The van der Waals surface area contributed by atoms with Crippen molar-refractivity contribution in [3.8, 4) is 5.75 Å². The number of hydrogen-bond donors (Lipinski definition) is 1. The van der Waals surface area contributed by atoms with Gasteiger partial charge in [-0.2, -0.15) is 0 Å². The summed E-state index contributed by atoms with van der Waals surface area (Å²) in [6.07, 6.45) is 0. The maximum Gasteiger partial charge on any atom is 0.241 e. The van der Waals surface area contributed by atoms with E-state index in [2.05, 4.69) is 4.72 Å². The molecule has 1 N–H and O–H groups in total. The van der Waals surface area contributed by atoms with Crippen LogP contribution in [0, 0.1) is 0 Å². The van der Waals surface area contributed by atoms with Crippen LogP contribution in [0.25, 0.3) is 0 Å². The predicted molar refractivity (Wildman–Crippen MR) is 83.2 cm³/mol. The number of sulfonamides is 1. The zero-order valence-corrected chi connectivity index (χ0v) is 13.3. The lowest BCUT2D eigenvalue weighted by Gasteiger charge is -2.17. The molecule has 0 amide bonds. The molecule has 0 saturated heterocycles. The van der Waals surface area contributed by atoms with E-state index in [0.717, 1.165) is 5.56 Å². The van der Waals surface area contributed by atoms with E-state index in [4.69, 9.17) is 16.3 Å². The highest BCUT2D eigenvalue weighted by Gasteiger charge is 2.20. The molecule has 112 valence electrons. The van der Waals surface area contributed by atoms with Gasteiger partial charge in [-0.3, -0.25) is 0 Å². The first-order valence-corrected chi connectivity index (χ1v) is 8.21. The highest BCUT2D eigenvalue weighted by molar-refractivity contribution is 7.89. The molecule has 4 nitrogen and oxygen atoms in total. The fourth-order valence-corrected chi connectivity index (χ4v) is 3.55. The summed E-state index contributed by atoms with van der Waals surface area (Å²) in [5.74, 6) is 0.638. The van der Waals surface area contributed by atoms with Crippen molar-refractivity contribution in [3.63, 3.8) is 0 Å². The molecule has 2 rings (SSSR count). The van der Waals surface area contributed by atoms with E-state index in [-0.39, 0.29) is 4.90 Å². The van der Waals surface area contributed by atoms with E-state index < -0.39 is 16.1 Å². The third kappa shape index (κ3) is 3.75. The van der Waals surface area contributed by atoms with E-state index in [1.807, 2.05) is 18.2 Å². The summed E-state index contributed by atoms with van der Waals surface area (Å²) in [6, 6.07) is 13.0. The number of methoxy groups -OCH3 is 1. The second-order valence-corrected chi connectivity index (χ2v) is 6.69. The monoisotopic (exact) mass is 325 g/mol. The third-order valence-electron chi connectivity index (χ3n) is 3.04. The van der Waals surface area contributed by atoms with Crippen molar-refractivity contribution in [2.24, 2.45) is 0 Å². The van der Waals surface area contributed by atoms with Gasteiger partial charge in [-0.25, -0.2) is 13.1 Å². The Kier molecular flexibility index (Phi) is 4.88. The molecule has 0 aliphatic heterocycles. The first kappa shape index (κ1) is 15.8. The average Bonchev–Trinajstić information content (AvgIpc) is 2.46. The molecule has 0 aliphatic carbocycles. The van der Waals surface area contributed by atoms with Crippen LogP contribution in [0.5, 0.6) is 5.75 Å². The van der Waals surface area contributed by atoms with Gasteiger partial charge in [-0.1, -0.05) is 35.9 Å². The van der Waals surface area contributed by atoms with E-state index in [9.17, 15) is 8.42 Å². The Morgan fingerprint density at radius 2 is 1.86 bits per heavy atom. The Bertz CT molecular complexity index is 731. The second-order valence-electron chi connectivity index (χ2n) is 4.54. The Balaban J connectivity index is 2.28. The Morgan fingerprint density at radius 1 is 1.14 bits per heavy atom. The molecule has 6 heteroatoms. The molecule has 0 aromatic heterocycles. The Labute approximate surface area is 129 Å². The number of nitrogens with one attached hydrogen (secondary N) is 1. The molecule has 21 heavy (non-hydrogen) atoms. The van der Waals surface area contributed by atoms with Crippen LogP contribution >= 0.6 is 11.6 Å². The fourth-order valence-electron chi connectivity index (χ4n) is 2.02. The lowest BCUT2D eigenvalue weighted by molar-refractivity contribution is 0.405. The minimum absolute atomic E-state index is 0.136. The van der Waals surface area contributed by atoms with Crippen molar-refractivity contribution >= 4 is 21.6 Å². The molecule has 0 spiro atoms. The number of para-hydroxylation sites is 1. The van der Waals surface area contributed by atoms with Gasteiger partial charge in [-0.05, 0) is 31.2 Å². The van der Waals surface area contributed by atoms with Crippen LogP contribution in [0.4, 0.5) is 0 Å². The molecule has 0 aliphatic rings. The lowest BCUT2D eigenvalue weighted by atomic mass is 10.1. The normalized spacial score (nSPS) is 12.9. The maximum absolute atomic E-state index is 12.4. The first-order chi connectivity index (χ1) is 9.94. The van der Waals surface area contributed by atoms with Crippen LogP contribution in [-0.2, 0) is 10.0 Å². The summed E-state index contributed by atoms with van der Waals surface area (Å²) in [5, 5.41) is 0.378. The van der Waals surface area contributed by atoms with Crippen molar-refractivity contribution in [3.05, 3.63) is 59.1 Å². The number of rotatable bonds is 5. The standard InChI is InChI=1S/C15H16ClNO3S/c1-11(14-8-3-4-9-15(14)20-2)17-21(18,19)13-7-5-6-12(16)10-13/h3-11,17H,1-2H3. The van der Waals surface area contributed by atoms with Crippen LogP contribution in [0.15, 0.2) is 53.4 Å². The summed E-state index contributed by atoms with van der Waals surface area (Å²) in [6.45, 7) is 1.76. The van der Waals surface area contributed by atoms with Gasteiger partial charge in [0.25, 0.3) is 0 Å². The number of ether oxygens (including phenoxy) is 1. The van der Waals surface area contributed by atoms with Gasteiger partial charge in [0.2, 0.25) is 10.0 Å². The van der Waals surface area contributed by atoms with E-state index in [1.165, 1.54) is 12.1 Å². The average molecular weight is 326 g/mol. The number of halogens is 1. The highest BCUT2D eigenvalue weighted by Crippen LogP contribution is 2.26. The SMILES string of the molecule is COc1ccccc1C(C)NS(=O)(=O)c1cccc(Cl)c1. The molecule has 1 unspecified atom stereocenters. The topological polar surface area (TPSA) is 55.4 Å². The van der Waals surface area contributed by atoms with Crippen molar-refractivity contribution in [1.82, 2.24) is 4.72 Å². The predicted octanol–water partition coefficient (Wildman–Crippen LogP) is 3.39. The maximum atomic E-state index is 12.4. The minimum atomic E-state index is -3.65. The van der Waals surface area contributed by atoms with E-state index >= 15 is 0 Å². The summed E-state index contributed by atoms with van der Waals surface area (Å²) in [5.41, 5.74) is 0.769. The van der Waals surface area contributed by atoms with Crippen LogP contribution in [-0.4, -0.2) is 15.5 Å². The molecule has 0 heterocycles. The molecule has 0 fully saturated rings. The van der Waals surface area contributed by atoms with Crippen LogP contribution < -0.4 is 9.46 Å². The molecular formula is C15H16ClNO3S. The van der Waals surface area contributed by atoms with Crippen molar-refractivity contribution in [2.45, 2.75) is 17.9 Å². The molecule has 0 saturated carbocycles. The van der Waals surface area contributed by atoms with Crippen LogP contribution in [0.2, 0.25) is 5.02 Å². The summed E-state index contributed by atoms with van der Waals surface area (Å²) < 4.78 is 32.6. The van der Waals surface area contributed by atoms with Gasteiger partial charge in [0.05, 0.1) is 12.0 Å². The largest absolute Gasteiger partial charge is 0.496 e. The molecule has 2 aromatic rings. The first-order valence-electron chi connectivity index (χ1n) is 6.35. The zero-order chi connectivity index (χ0) is 15.5. The second kappa shape index (κ2) is 6.47. The molecular weight excluding hydrogens is 310 g/mol. The van der Waals surface area contributed by atoms with E-state index in [0.29, 0.717) is 10.8 Å². The summed E-state index contributed by atoms with van der Waals surface area (Å²) in [7, 11) is -2.09. The molecule has 1 atom stereocenters. The van der Waals surface area contributed by atoms with Gasteiger partial charge in [0, 0.05) is 16.6 Å². The van der Waals surface area contributed by atoms with Gasteiger partial charge in [-0.15, -0.1) is 0 Å². The van der Waals surface area contributed by atoms with Crippen molar-refractivity contribution in [2.75, 3.05) is 7.11 Å². The third-order valence-corrected chi connectivity index (χ3v) is 4.82. The van der Waals surface area contributed by atoms with Gasteiger partial charge >= 0.3 is 0 Å². The van der Waals surface area contributed by atoms with Gasteiger partial charge < -0.3 is 4.74 Å². The van der Waals surface area contributed by atoms with Crippen molar-refractivity contribution in [1.29, 1.82) is 0 Å².